The minimum absolute atomic E-state index is 0.0721. The number of pyridine rings is 1. The van der Waals surface area contributed by atoms with Crippen molar-refractivity contribution in [3.8, 4) is 11.5 Å². The van der Waals surface area contributed by atoms with Crippen molar-refractivity contribution < 1.29 is 23.0 Å². The Morgan fingerprint density at radius 3 is 2.48 bits per heavy atom. The molecule has 9 heteroatoms. The van der Waals surface area contributed by atoms with Gasteiger partial charge in [-0.05, 0) is 48.2 Å². The Morgan fingerprint density at radius 1 is 1.14 bits per heavy atom. The lowest BCUT2D eigenvalue weighted by molar-refractivity contribution is 0.0616. The molecule has 1 aliphatic heterocycles. The summed E-state index contributed by atoms with van der Waals surface area (Å²) in [4.78, 5) is 20.6. The molecule has 0 atom stereocenters. The van der Waals surface area contributed by atoms with Crippen LogP contribution in [0.2, 0.25) is 0 Å². The Morgan fingerprint density at radius 2 is 1.83 bits per heavy atom. The molecule has 2 aromatic rings. The van der Waals surface area contributed by atoms with Gasteiger partial charge in [0.1, 0.15) is 23.1 Å². The summed E-state index contributed by atoms with van der Waals surface area (Å²) in [5, 5.41) is 0.0721. The number of amides is 1. The standard InChI is InChI=1S/C20H23F2N3O3S/c1-27-15-4-6-16(7-5-15)28-14-13-24-9-11-25(12-10-24)19(26)17-3-2-8-23-18(17)29-20(21)22/h2-8,20H,9-14H2,1H3. The van der Waals surface area contributed by atoms with Crippen molar-refractivity contribution in [1.82, 2.24) is 14.8 Å². The van der Waals surface area contributed by atoms with Crippen molar-refractivity contribution in [2.75, 3.05) is 46.4 Å². The van der Waals surface area contributed by atoms with Crippen molar-refractivity contribution >= 4 is 17.7 Å². The monoisotopic (exact) mass is 423 g/mol. The van der Waals surface area contributed by atoms with Crippen LogP contribution in [-0.2, 0) is 0 Å². The van der Waals surface area contributed by atoms with Gasteiger partial charge in [0, 0.05) is 38.9 Å². The number of aromatic nitrogens is 1. The van der Waals surface area contributed by atoms with Gasteiger partial charge in [-0.3, -0.25) is 9.69 Å². The van der Waals surface area contributed by atoms with Gasteiger partial charge in [-0.2, -0.15) is 8.78 Å². The lowest BCUT2D eigenvalue weighted by Gasteiger charge is -2.34. The second kappa shape index (κ2) is 10.4. The van der Waals surface area contributed by atoms with Crippen molar-refractivity contribution in [2.45, 2.75) is 10.8 Å². The zero-order chi connectivity index (χ0) is 20.6. The molecule has 0 radical (unpaired) electrons. The van der Waals surface area contributed by atoms with E-state index >= 15 is 0 Å². The molecule has 1 aromatic carbocycles. The van der Waals surface area contributed by atoms with Crippen LogP contribution in [0.4, 0.5) is 8.78 Å². The summed E-state index contributed by atoms with van der Waals surface area (Å²) >= 11 is 0.302. The van der Waals surface area contributed by atoms with Crippen LogP contribution in [-0.4, -0.2) is 72.9 Å². The molecule has 2 heterocycles. The van der Waals surface area contributed by atoms with Gasteiger partial charge in [-0.15, -0.1) is 0 Å². The third-order valence-corrected chi connectivity index (χ3v) is 5.32. The largest absolute Gasteiger partial charge is 0.497 e. The fraction of sp³-hybridized carbons (Fsp3) is 0.400. The third kappa shape index (κ3) is 6.04. The normalized spacial score (nSPS) is 14.8. The molecule has 1 aromatic heterocycles. The van der Waals surface area contributed by atoms with E-state index in [0.29, 0.717) is 44.5 Å². The summed E-state index contributed by atoms with van der Waals surface area (Å²) in [6, 6.07) is 10.6. The Kier molecular flexibility index (Phi) is 7.65. The smallest absolute Gasteiger partial charge is 0.290 e. The molecule has 1 aliphatic rings. The van der Waals surface area contributed by atoms with E-state index < -0.39 is 5.76 Å². The summed E-state index contributed by atoms with van der Waals surface area (Å²) in [5.41, 5.74) is 0.231. The number of methoxy groups -OCH3 is 1. The maximum absolute atomic E-state index is 12.7. The number of nitrogens with zero attached hydrogens (tertiary/aromatic N) is 3. The van der Waals surface area contributed by atoms with E-state index in [-0.39, 0.29) is 16.5 Å². The molecule has 0 bridgehead atoms. The van der Waals surface area contributed by atoms with E-state index in [9.17, 15) is 13.6 Å². The highest BCUT2D eigenvalue weighted by Crippen LogP contribution is 2.27. The number of rotatable bonds is 8. The van der Waals surface area contributed by atoms with Crippen molar-refractivity contribution in [3.05, 3.63) is 48.2 Å². The van der Waals surface area contributed by atoms with Crippen LogP contribution in [0.1, 0.15) is 10.4 Å². The topological polar surface area (TPSA) is 54.9 Å². The Bertz CT molecular complexity index is 800. The van der Waals surface area contributed by atoms with Crippen LogP contribution in [0.3, 0.4) is 0 Å². The molecule has 1 fully saturated rings. The SMILES string of the molecule is COc1ccc(OCCN2CCN(C(=O)c3cccnc3SC(F)F)CC2)cc1. The van der Waals surface area contributed by atoms with E-state index in [4.69, 9.17) is 9.47 Å². The predicted octanol–water partition coefficient (Wildman–Crippen LogP) is 3.24. The van der Waals surface area contributed by atoms with Crippen LogP contribution < -0.4 is 9.47 Å². The van der Waals surface area contributed by atoms with Gasteiger partial charge in [-0.25, -0.2) is 4.98 Å². The summed E-state index contributed by atoms with van der Waals surface area (Å²) in [7, 11) is 1.62. The average molecular weight is 423 g/mol. The van der Waals surface area contributed by atoms with Crippen LogP contribution in [0.25, 0.3) is 0 Å². The molecule has 29 heavy (non-hydrogen) atoms. The van der Waals surface area contributed by atoms with Crippen LogP contribution in [0.15, 0.2) is 47.6 Å². The number of hydrogen-bond acceptors (Lipinski definition) is 6. The molecule has 1 saturated heterocycles. The maximum Gasteiger partial charge on any atom is 0.290 e. The molecule has 0 aliphatic carbocycles. The van der Waals surface area contributed by atoms with Gasteiger partial charge in [0.05, 0.1) is 12.7 Å². The van der Waals surface area contributed by atoms with Gasteiger partial charge < -0.3 is 14.4 Å². The van der Waals surface area contributed by atoms with Gasteiger partial charge in [0.25, 0.3) is 11.7 Å². The fourth-order valence-electron chi connectivity index (χ4n) is 3.04. The van der Waals surface area contributed by atoms with E-state index in [1.54, 1.807) is 24.1 Å². The average Bonchev–Trinajstić information content (AvgIpc) is 2.74. The summed E-state index contributed by atoms with van der Waals surface area (Å²) in [5.74, 6) is -1.31. The van der Waals surface area contributed by atoms with Crippen molar-refractivity contribution in [2.24, 2.45) is 0 Å². The van der Waals surface area contributed by atoms with Crippen LogP contribution in [0, 0.1) is 0 Å². The van der Waals surface area contributed by atoms with Crippen molar-refractivity contribution in [1.29, 1.82) is 0 Å². The molecular formula is C20H23F2N3O3S. The number of ether oxygens (including phenoxy) is 2. The zero-order valence-electron chi connectivity index (χ0n) is 16.1. The first-order valence-corrected chi connectivity index (χ1v) is 10.1. The Labute approximate surface area is 172 Å². The van der Waals surface area contributed by atoms with E-state index in [1.807, 2.05) is 24.3 Å². The van der Waals surface area contributed by atoms with Crippen molar-refractivity contribution in [3.63, 3.8) is 0 Å². The summed E-state index contributed by atoms with van der Waals surface area (Å²) in [6.07, 6.45) is 1.42. The first-order chi connectivity index (χ1) is 14.1. The van der Waals surface area contributed by atoms with E-state index in [0.717, 1.165) is 18.0 Å². The van der Waals surface area contributed by atoms with Gasteiger partial charge in [0.2, 0.25) is 0 Å². The highest BCUT2D eigenvalue weighted by Gasteiger charge is 2.25. The zero-order valence-corrected chi connectivity index (χ0v) is 16.9. The highest BCUT2D eigenvalue weighted by molar-refractivity contribution is 7.99. The molecule has 0 saturated carbocycles. The molecular weight excluding hydrogens is 400 g/mol. The highest BCUT2D eigenvalue weighted by atomic mass is 32.2. The number of halogens is 2. The van der Waals surface area contributed by atoms with Crippen LogP contribution in [0.5, 0.6) is 11.5 Å². The summed E-state index contributed by atoms with van der Waals surface area (Å²) in [6.45, 7) is 3.76. The number of carbonyl (C=O) groups is 1. The Hall–Kier alpha value is -2.39. The molecule has 0 N–H and O–H groups in total. The molecule has 156 valence electrons. The van der Waals surface area contributed by atoms with Gasteiger partial charge >= 0.3 is 0 Å². The number of thioether (sulfide) groups is 1. The number of hydrogen-bond donors (Lipinski definition) is 0. The van der Waals surface area contributed by atoms with Gasteiger partial charge in [0.15, 0.2) is 0 Å². The predicted molar refractivity (Wildman–Crippen MR) is 107 cm³/mol. The molecule has 0 unspecified atom stereocenters. The first kappa shape index (κ1) is 21.3. The molecule has 3 rings (SSSR count). The third-order valence-electron chi connectivity index (χ3n) is 4.60. The van der Waals surface area contributed by atoms with Gasteiger partial charge in [-0.1, -0.05) is 0 Å². The number of piperazine rings is 1. The number of carbonyl (C=O) groups excluding carboxylic acids is 1. The molecule has 6 nitrogen and oxygen atoms in total. The summed E-state index contributed by atoms with van der Waals surface area (Å²) < 4.78 is 36.3. The molecule has 0 spiro atoms. The fourth-order valence-corrected chi connectivity index (χ4v) is 3.61. The lowest BCUT2D eigenvalue weighted by atomic mass is 10.2. The van der Waals surface area contributed by atoms with E-state index in [2.05, 4.69) is 9.88 Å². The quantitative estimate of drug-likeness (QED) is 0.608. The molecule has 1 amide bonds. The Balaban J connectivity index is 1.46. The second-order valence-electron chi connectivity index (χ2n) is 6.39. The minimum Gasteiger partial charge on any atom is -0.497 e. The first-order valence-electron chi connectivity index (χ1n) is 9.25. The number of benzene rings is 1. The van der Waals surface area contributed by atoms with E-state index in [1.165, 1.54) is 6.20 Å². The maximum atomic E-state index is 12.7. The number of alkyl halides is 2. The lowest BCUT2D eigenvalue weighted by Crippen LogP contribution is -2.49. The second-order valence-corrected chi connectivity index (χ2v) is 7.37. The minimum atomic E-state index is -2.61. The van der Waals surface area contributed by atoms with Crippen LogP contribution >= 0.6 is 11.8 Å².